The maximum absolute atomic E-state index is 11.2. The van der Waals surface area contributed by atoms with Gasteiger partial charge < -0.3 is 14.1 Å². The first-order valence-corrected chi connectivity index (χ1v) is 8.70. The van der Waals surface area contributed by atoms with Crippen LogP contribution < -0.4 is 0 Å². The molecular weight excluding hydrogens is 358 g/mol. The van der Waals surface area contributed by atoms with Crippen LogP contribution in [0.2, 0.25) is 0 Å². The molecular formula is C20H17N5O3. The number of oxazole rings is 1. The molecule has 0 spiro atoms. The number of benzene rings is 1. The summed E-state index contributed by atoms with van der Waals surface area (Å²) in [6.07, 6.45) is 3.23. The van der Waals surface area contributed by atoms with Gasteiger partial charge in [0.1, 0.15) is 17.7 Å². The van der Waals surface area contributed by atoms with Crippen molar-refractivity contribution in [2.45, 2.75) is 19.9 Å². The molecule has 0 amide bonds. The van der Waals surface area contributed by atoms with Crippen LogP contribution >= 0.6 is 0 Å². The van der Waals surface area contributed by atoms with Crippen LogP contribution in [-0.4, -0.2) is 35.8 Å². The summed E-state index contributed by atoms with van der Waals surface area (Å²) in [5, 5.41) is 17.3. The van der Waals surface area contributed by atoms with Crippen molar-refractivity contribution in [1.82, 2.24) is 24.7 Å². The maximum atomic E-state index is 11.2. The second-order valence-electron chi connectivity index (χ2n) is 6.48. The summed E-state index contributed by atoms with van der Waals surface area (Å²) in [5.74, 6) is 0.479. The number of hydrogen-bond acceptors (Lipinski definition) is 6. The number of carboxylic acid groups (broad SMARTS) is 1. The molecule has 0 radical (unpaired) electrons. The lowest BCUT2D eigenvalue weighted by atomic mass is 10.1. The van der Waals surface area contributed by atoms with Gasteiger partial charge in [0, 0.05) is 11.6 Å². The van der Waals surface area contributed by atoms with Crippen LogP contribution in [0.5, 0.6) is 0 Å². The van der Waals surface area contributed by atoms with Crippen molar-refractivity contribution in [2.24, 2.45) is 0 Å². The zero-order valence-electron chi connectivity index (χ0n) is 15.3. The highest BCUT2D eigenvalue weighted by Crippen LogP contribution is 2.27. The van der Waals surface area contributed by atoms with E-state index in [4.69, 9.17) is 9.52 Å². The SMILES string of the molecule is CC(C)n1cnnc1-c1cccc(-c2ncc(-c3cccc(C(=O)O)c3)o2)n1. The lowest BCUT2D eigenvalue weighted by molar-refractivity contribution is 0.0697. The quantitative estimate of drug-likeness (QED) is 0.563. The highest BCUT2D eigenvalue weighted by atomic mass is 16.4. The number of carbonyl (C=O) groups is 1. The molecule has 1 N–H and O–H groups in total. The van der Waals surface area contributed by atoms with E-state index < -0.39 is 5.97 Å². The number of aromatic carboxylic acids is 1. The summed E-state index contributed by atoms with van der Waals surface area (Å²) in [7, 11) is 0. The van der Waals surface area contributed by atoms with Gasteiger partial charge in [0.25, 0.3) is 0 Å². The van der Waals surface area contributed by atoms with Gasteiger partial charge in [-0.15, -0.1) is 10.2 Å². The zero-order chi connectivity index (χ0) is 19.7. The number of carboxylic acids is 1. The van der Waals surface area contributed by atoms with Crippen LogP contribution in [0.1, 0.15) is 30.2 Å². The highest BCUT2D eigenvalue weighted by molar-refractivity contribution is 5.89. The lowest BCUT2D eigenvalue weighted by Gasteiger charge is -2.09. The molecule has 140 valence electrons. The van der Waals surface area contributed by atoms with Crippen LogP contribution in [0, 0.1) is 0 Å². The molecule has 0 unspecified atom stereocenters. The standard InChI is InChI=1S/C20H17N5O3/c1-12(2)25-11-22-24-18(25)15-7-4-8-16(23-15)19-21-10-17(28-19)13-5-3-6-14(9-13)20(26)27/h3-12H,1-2H3,(H,26,27). The van der Waals surface area contributed by atoms with Gasteiger partial charge >= 0.3 is 5.97 Å². The Bertz CT molecular complexity index is 1150. The zero-order valence-corrected chi connectivity index (χ0v) is 15.3. The Hall–Kier alpha value is -3.81. The van der Waals surface area contributed by atoms with Crippen molar-refractivity contribution in [3.05, 3.63) is 60.6 Å². The summed E-state index contributed by atoms with van der Waals surface area (Å²) >= 11 is 0. The van der Waals surface area contributed by atoms with E-state index in [9.17, 15) is 4.79 Å². The predicted octanol–water partition coefficient (Wildman–Crippen LogP) is 3.94. The van der Waals surface area contributed by atoms with Crippen molar-refractivity contribution in [3.8, 4) is 34.4 Å². The molecule has 0 saturated carbocycles. The largest absolute Gasteiger partial charge is 0.478 e. The van der Waals surface area contributed by atoms with Gasteiger partial charge in [-0.25, -0.2) is 14.8 Å². The van der Waals surface area contributed by atoms with E-state index in [0.29, 0.717) is 34.4 Å². The van der Waals surface area contributed by atoms with Gasteiger partial charge in [0.15, 0.2) is 11.6 Å². The molecule has 28 heavy (non-hydrogen) atoms. The minimum Gasteiger partial charge on any atom is -0.478 e. The average Bonchev–Trinajstić information content (AvgIpc) is 3.38. The Morgan fingerprint density at radius 3 is 2.71 bits per heavy atom. The Kier molecular flexibility index (Phi) is 4.44. The van der Waals surface area contributed by atoms with E-state index in [1.165, 1.54) is 6.07 Å². The first-order chi connectivity index (χ1) is 13.5. The van der Waals surface area contributed by atoms with Crippen molar-refractivity contribution in [2.75, 3.05) is 0 Å². The van der Waals surface area contributed by atoms with E-state index in [0.717, 1.165) is 0 Å². The fourth-order valence-electron chi connectivity index (χ4n) is 2.81. The number of hydrogen-bond donors (Lipinski definition) is 1. The number of nitrogens with zero attached hydrogens (tertiary/aromatic N) is 5. The summed E-state index contributed by atoms with van der Waals surface area (Å²) < 4.78 is 7.77. The van der Waals surface area contributed by atoms with Crippen molar-refractivity contribution < 1.29 is 14.3 Å². The molecule has 0 saturated heterocycles. The summed E-state index contributed by atoms with van der Waals surface area (Å²) in [6.45, 7) is 4.09. The third-order valence-electron chi connectivity index (χ3n) is 4.23. The van der Waals surface area contributed by atoms with Crippen LogP contribution in [0.15, 0.2) is 59.4 Å². The van der Waals surface area contributed by atoms with Gasteiger partial charge in [-0.2, -0.15) is 0 Å². The minimum atomic E-state index is -0.995. The molecule has 4 aromatic rings. The molecule has 0 aliphatic carbocycles. The Morgan fingerprint density at radius 1 is 1.14 bits per heavy atom. The Balaban J connectivity index is 1.69. The van der Waals surface area contributed by atoms with Gasteiger partial charge in [0.2, 0.25) is 5.89 Å². The third kappa shape index (κ3) is 3.27. The van der Waals surface area contributed by atoms with Gasteiger partial charge in [-0.1, -0.05) is 18.2 Å². The van der Waals surface area contributed by atoms with E-state index in [-0.39, 0.29) is 11.6 Å². The average molecular weight is 375 g/mol. The van der Waals surface area contributed by atoms with E-state index >= 15 is 0 Å². The molecule has 0 fully saturated rings. The van der Waals surface area contributed by atoms with Crippen molar-refractivity contribution >= 4 is 5.97 Å². The van der Waals surface area contributed by atoms with Gasteiger partial charge in [0.05, 0.1) is 11.8 Å². The normalized spacial score (nSPS) is 11.1. The molecule has 0 atom stereocenters. The number of aromatic nitrogens is 5. The molecule has 1 aromatic carbocycles. The second kappa shape index (κ2) is 7.07. The Labute approximate surface area is 160 Å². The molecule has 0 aliphatic rings. The van der Waals surface area contributed by atoms with Crippen LogP contribution in [0.3, 0.4) is 0 Å². The molecule has 3 aromatic heterocycles. The van der Waals surface area contributed by atoms with Gasteiger partial charge in [-0.3, -0.25) is 0 Å². The van der Waals surface area contributed by atoms with E-state index in [1.807, 2.05) is 30.5 Å². The van der Waals surface area contributed by atoms with E-state index in [2.05, 4.69) is 20.2 Å². The Morgan fingerprint density at radius 2 is 1.93 bits per heavy atom. The first-order valence-electron chi connectivity index (χ1n) is 8.70. The van der Waals surface area contributed by atoms with Crippen LogP contribution in [0.4, 0.5) is 0 Å². The predicted molar refractivity (Wildman–Crippen MR) is 102 cm³/mol. The monoisotopic (exact) mass is 375 g/mol. The molecule has 8 nitrogen and oxygen atoms in total. The number of rotatable bonds is 5. The minimum absolute atomic E-state index is 0.184. The molecule has 0 aliphatic heterocycles. The first kappa shape index (κ1) is 17.6. The molecule has 0 bridgehead atoms. The van der Waals surface area contributed by atoms with Crippen LogP contribution in [0.25, 0.3) is 34.4 Å². The van der Waals surface area contributed by atoms with Crippen molar-refractivity contribution in [1.29, 1.82) is 0 Å². The van der Waals surface area contributed by atoms with Gasteiger partial charge in [-0.05, 0) is 38.1 Å². The van der Waals surface area contributed by atoms with Crippen LogP contribution in [-0.2, 0) is 0 Å². The summed E-state index contributed by atoms with van der Waals surface area (Å²) in [6, 6.07) is 12.2. The topological polar surface area (TPSA) is 107 Å². The third-order valence-corrected chi connectivity index (χ3v) is 4.23. The fourth-order valence-corrected chi connectivity index (χ4v) is 2.81. The van der Waals surface area contributed by atoms with E-state index in [1.54, 1.807) is 36.8 Å². The lowest BCUT2D eigenvalue weighted by Crippen LogP contribution is -2.03. The highest BCUT2D eigenvalue weighted by Gasteiger charge is 2.15. The van der Waals surface area contributed by atoms with Crippen molar-refractivity contribution in [3.63, 3.8) is 0 Å². The molecule has 3 heterocycles. The summed E-state index contributed by atoms with van der Waals surface area (Å²) in [4.78, 5) is 20.1. The maximum Gasteiger partial charge on any atom is 0.335 e. The fraction of sp³-hybridized carbons (Fsp3) is 0.150. The summed E-state index contributed by atoms with van der Waals surface area (Å²) in [5.41, 5.74) is 2.03. The second-order valence-corrected chi connectivity index (χ2v) is 6.48. The number of pyridine rings is 1. The molecule has 8 heteroatoms. The molecule has 4 rings (SSSR count). The smallest absolute Gasteiger partial charge is 0.335 e.